The molecular weight excluding hydrogens is 252 g/mol. The highest BCUT2D eigenvalue weighted by molar-refractivity contribution is 5.29. The minimum atomic E-state index is 0.176. The Labute approximate surface area is 119 Å². The second-order valence-corrected chi connectivity index (χ2v) is 5.62. The predicted octanol–water partition coefficient (Wildman–Crippen LogP) is 2.60. The molecule has 0 saturated heterocycles. The van der Waals surface area contributed by atoms with Crippen LogP contribution < -0.4 is 5.73 Å². The molecule has 2 N–H and O–H groups in total. The summed E-state index contributed by atoms with van der Waals surface area (Å²) in [5.41, 5.74) is 8.91. The molecule has 3 rings (SSSR count). The average Bonchev–Trinajstić information content (AvgIpc) is 2.99. The molecule has 5 heteroatoms. The van der Waals surface area contributed by atoms with Gasteiger partial charge in [0.25, 0.3) is 0 Å². The second-order valence-electron chi connectivity index (χ2n) is 5.62. The molecule has 1 aliphatic carbocycles. The van der Waals surface area contributed by atoms with Crippen molar-refractivity contribution in [3.63, 3.8) is 0 Å². The van der Waals surface area contributed by atoms with Crippen LogP contribution in [0.3, 0.4) is 0 Å². The smallest absolute Gasteiger partial charge is 0.226 e. The van der Waals surface area contributed by atoms with E-state index < -0.39 is 0 Å². The van der Waals surface area contributed by atoms with E-state index >= 15 is 0 Å². The van der Waals surface area contributed by atoms with Crippen molar-refractivity contribution >= 4 is 0 Å². The molecule has 108 valence electrons. The van der Waals surface area contributed by atoms with Crippen molar-refractivity contribution in [2.45, 2.75) is 58.0 Å². The van der Waals surface area contributed by atoms with Gasteiger partial charge in [-0.15, -0.1) is 0 Å². The highest BCUT2D eigenvalue weighted by atomic mass is 16.5. The van der Waals surface area contributed by atoms with Crippen LogP contribution >= 0.6 is 0 Å². The van der Waals surface area contributed by atoms with Gasteiger partial charge >= 0.3 is 0 Å². The maximum atomic E-state index is 6.23. The summed E-state index contributed by atoms with van der Waals surface area (Å²) in [7, 11) is 0. The first kappa shape index (κ1) is 13.4. The van der Waals surface area contributed by atoms with Crippen LogP contribution in [0.4, 0.5) is 0 Å². The number of fused-ring (bicyclic) bond motifs is 1. The summed E-state index contributed by atoms with van der Waals surface area (Å²) in [6.45, 7) is 2.77. The number of aryl methyl sites for hydroxylation is 2. The van der Waals surface area contributed by atoms with Gasteiger partial charge in [-0.2, -0.15) is 4.98 Å². The predicted molar refractivity (Wildman–Crippen MR) is 76.3 cm³/mol. The number of hydrogen-bond acceptors (Lipinski definition) is 4. The zero-order valence-corrected chi connectivity index (χ0v) is 12.0. The van der Waals surface area contributed by atoms with E-state index in [1.807, 2.05) is 0 Å². The molecule has 1 atom stereocenters. The van der Waals surface area contributed by atoms with E-state index in [2.05, 4.69) is 34.0 Å². The van der Waals surface area contributed by atoms with Gasteiger partial charge in [0.05, 0.1) is 6.54 Å². The van der Waals surface area contributed by atoms with Gasteiger partial charge in [-0.25, -0.2) is 0 Å². The summed E-state index contributed by atoms with van der Waals surface area (Å²) in [6.07, 6.45) is 10.9. The molecule has 1 unspecified atom stereocenters. The fourth-order valence-electron chi connectivity index (χ4n) is 2.88. The number of aromatic nitrogens is 3. The average molecular weight is 274 g/mol. The van der Waals surface area contributed by atoms with Crippen LogP contribution in [-0.4, -0.2) is 14.7 Å². The number of hydrogen-bond donors (Lipinski definition) is 1. The molecule has 0 spiro atoms. The van der Waals surface area contributed by atoms with Crippen LogP contribution in [0.25, 0.3) is 0 Å². The minimum Gasteiger partial charge on any atom is -0.346 e. The lowest BCUT2D eigenvalue weighted by Gasteiger charge is -2.07. The van der Waals surface area contributed by atoms with Crippen LogP contribution in [-0.2, 0) is 19.4 Å². The molecule has 20 heavy (non-hydrogen) atoms. The van der Waals surface area contributed by atoms with Crippen LogP contribution in [0.1, 0.15) is 61.5 Å². The maximum absolute atomic E-state index is 6.23. The van der Waals surface area contributed by atoms with Gasteiger partial charge in [-0.3, -0.25) is 0 Å². The second kappa shape index (κ2) is 5.79. The van der Waals surface area contributed by atoms with Crippen molar-refractivity contribution in [2.75, 3.05) is 0 Å². The van der Waals surface area contributed by atoms with E-state index in [1.165, 1.54) is 24.0 Å². The van der Waals surface area contributed by atoms with E-state index in [0.717, 1.165) is 37.4 Å². The lowest BCUT2D eigenvalue weighted by atomic mass is 10.1. The highest BCUT2D eigenvalue weighted by Gasteiger charge is 2.18. The van der Waals surface area contributed by atoms with Crippen LogP contribution in [0, 0.1) is 0 Å². The lowest BCUT2D eigenvalue weighted by molar-refractivity contribution is 0.371. The zero-order chi connectivity index (χ0) is 13.9. The Bertz CT molecular complexity index is 572. The Kier molecular flexibility index (Phi) is 3.87. The van der Waals surface area contributed by atoms with Gasteiger partial charge in [0.2, 0.25) is 5.89 Å². The Hall–Kier alpha value is -1.62. The topological polar surface area (TPSA) is 69.9 Å². The van der Waals surface area contributed by atoms with Gasteiger partial charge in [0, 0.05) is 24.9 Å². The quantitative estimate of drug-likeness (QED) is 0.870. The van der Waals surface area contributed by atoms with Crippen molar-refractivity contribution < 1.29 is 4.52 Å². The first-order valence-electron chi connectivity index (χ1n) is 7.52. The van der Waals surface area contributed by atoms with Crippen molar-refractivity contribution in [1.29, 1.82) is 0 Å². The third kappa shape index (κ3) is 2.77. The Morgan fingerprint density at radius 2 is 2.30 bits per heavy atom. The van der Waals surface area contributed by atoms with Crippen LogP contribution in [0.15, 0.2) is 16.9 Å². The van der Waals surface area contributed by atoms with Crippen molar-refractivity contribution in [3.05, 3.63) is 35.2 Å². The first-order valence-corrected chi connectivity index (χ1v) is 7.52. The molecule has 0 saturated carbocycles. The van der Waals surface area contributed by atoms with E-state index in [9.17, 15) is 0 Å². The summed E-state index contributed by atoms with van der Waals surface area (Å²) >= 11 is 0. The fraction of sp³-hybridized carbons (Fsp3) is 0.600. The summed E-state index contributed by atoms with van der Waals surface area (Å²) in [5, 5.41) is 4.04. The molecule has 0 aliphatic heterocycles. The van der Waals surface area contributed by atoms with E-state index in [1.54, 1.807) is 0 Å². The third-order valence-corrected chi connectivity index (χ3v) is 3.91. The normalized spacial score (nSPS) is 18.8. The summed E-state index contributed by atoms with van der Waals surface area (Å²) in [6, 6.07) is 0.176. The minimum absolute atomic E-state index is 0.176. The number of nitrogens with zero attached hydrogens (tertiary/aromatic N) is 3. The van der Waals surface area contributed by atoms with E-state index in [4.69, 9.17) is 10.3 Å². The molecule has 0 radical (unpaired) electrons. The van der Waals surface area contributed by atoms with Crippen molar-refractivity contribution in [1.82, 2.24) is 14.7 Å². The molecule has 0 amide bonds. The van der Waals surface area contributed by atoms with E-state index in [0.29, 0.717) is 6.54 Å². The molecule has 2 aromatic rings. The van der Waals surface area contributed by atoms with Gasteiger partial charge < -0.3 is 14.8 Å². The van der Waals surface area contributed by atoms with E-state index in [-0.39, 0.29) is 6.04 Å². The monoisotopic (exact) mass is 274 g/mol. The molecule has 0 aromatic carbocycles. The first-order chi connectivity index (χ1) is 9.76. The van der Waals surface area contributed by atoms with Gasteiger partial charge in [0.1, 0.15) is 0 Å². The molecule has 5 nitrogen and oxygen atoms in total. The summed E-state index contributed by atoms with van der Waals surface area (Å²) in [4.78, 5) is 4.41. The van der Waals surface area contributed by atoms with Crippen molar-refractivity contribution in [2.24, 2.45) is 5.73 Å². The molecule has 1 aliphatic rings. The summed E-state index contributed by atoms with van der Waals surface area (Å²) < 4.78 is 7.36. The van der Waals surface area contributed by atoms with Gasteiger partial charge in [0.15, 0.2) is 5.82 Å². The Morgan fingerprint density at radius 3 is 3.15 bits per heavy atom. The zero-order valence-electron chi connectivity index (χ0n) is 12.0. The fourth-order valence-corrected chi connectivity index (χ4v) is 2.88. The summed E-state index contributed by atoms with van der Waals surface area (Å²) in [5.74, 6) is 1.47. The lowest BCUT2D eigenvalue weighted by Crippen LogP contribution is -2.09. The molecule has 2 heterocycles. The Balaban J connectivity index is 1.76. The SMILES string of the molecule is CCCc1nc(Cn2cc3c(c2)C(N)CCCC3)no1. The largest absolute Gasteiger partial charge is 0.346 e. The molecule has 0 bridgehead atoms. The molecule has 2 aromatic heterocycles. The standard InChI is InChI=1S/C15H22N4O/c1-2-5-15-17-14(18-20-15)10-19-8-11-6-3-4-7-13(16)12(11)9-19/h8-9,13H,2-7,10,16H2,1H3. The van der Waals surface area contributed by atoms with Crippen molar-refractivity contribution in [3.8, 4) is 0 Å². The maximum Gasteiger partial charge on any atom is 0.226 e. The Morgan fingerprint density at radius 1 is 1.40 bits per heavy atom. The van der Waals surface area contributed by atoms with Gasteiger partial charge in [-0.1, -0.05) is 18.5 Å². The molecule has 0 fully saturated rings. The molecular formula is C15H22N4O. The van der Waals surface area contributed by atoms with Gasteiger partial charge in [-0.05, 0) is 36.8 Å². The number of nitrogens with two attached hydrogens (primary N) is 1. The number of rotatable bonds is 4. The highest BCUT2D eigenvalue weighted by Crippen LogP contribution is 2.27. The van der Waals surface area contributed by atoms with Crippen LogP contribution in [0.2, 0.25) is 0 Å². The third-order valence-electron chi connectivity index (χ3n) is 3.91. The van der Waals surface area contributed by atoms with Crippen LogP contribution in [0.5, 0.6) is 0 Å².